The number of aromatic nitrogens is 2. The third kappa shape index (κ3) is 3.94. The molecule has 1 aliphatic heterocycles. The molecule has 136 valence electrons. The largest absolute Gasteiger partial charge is 0.394 e. The van der Waals surface area contributed by atoms with Gasteiger partial charge in [-0.05, 0) is 5.53 Å². The van der Waals surface area contributed by atoms with Gasteiger partial charge in [-0.2, -0.15) is 0 Å². The summed E-state index contributed by atoms with van der Waals surface area (Å²) in [6.07, 6.45) is -3.26. The number of aliphatic hydroxyl groups excluding tert-OH is 2. The van der Waals surface area contributed by atoms with Crippen molar-refractivity contribution < 1.29 is 24.1 Å². The number of nitrogens with zero attached hydrogens (tertiary/aromatic N) is 7. The summed E-state index contributed by atoms with van der Waals surface area (Å²) in [5, 5.41) is 22.1. The van der Waals surface area contributed by atoms with Gasteiger partial charge in [0.2, 0.25) is 0 Å². The van der Waals surface area contributed by atoms with Crippen molar-refractivity contribution in [3.63, 3.8) is 0 Å². The fourth-order valence-electron chi connectivity index (χ4n) is 2.28. The van der Waals surface area contributed by atoms with Crippen LogP contribution in [0.15, 0.2) is 16.4 Å². The molecule has 1 fully saturated rings. The molecule has 1 saturated heterocycles. The molecule has 0 saturated carbocycles. The lowest BCUT2D eigenvalue weighted by molar-refractivity contribution is -0.0466. The number of halogens is 1. The van der Waals surface area contributed by atoms with Gasteiger partial charge < -0.3 is 19.8 Å². The van der Waals surface area contributed by atoms with Crippen LogP contribution in [-0.2, 0) is 4.74 Å². The Bertz CT molecular complexity index is 701. The number of alkyl halides is 1. The molecule has 0 spiro atoms. The van der Waals surface area contributed by atoms with Crippen LogP contribution in [0.1, 0.15) is 16.7 Å². The molecule has 0 unspecified atom stereocenters. The summed E-state index contributed by atoms with van der Waals surface area (Å²) in [6.45, 7) is -1.03. The third-order valence-corrected chi connectivity index (χ3v) is 3.47. The minimum absolute atomic E-state index is 0.00900. The lowest BCUT2D eigenvalue weighted by atomic mass is 10.1. The standard InChI is InChI=1S/C13H18FN7O4/c1-20(2)5-17-12-10(7(23)3-18-19-15)16-6-21(12)13-9(14)11(24)8(4-22)25-13/h5-6,8-9,11,13,22,24H,3-4H2,1-2H3/t8-,9-,11-,13-/m1/s1. The van der Waals surface area contributed by atoms with Crippen LogP contribution in [-0.4, -0.2) is 82.4 Å². The molecule has 2 heterocycles. The van der Waals surface area contributed by atoms with E-state index >= 15 is 0 Å². The van der Waals surface area contributed by atoms with Crippen LogP contribution in [0.2, 0.25) is 0 Å². The fourth-order valence-corrected chi connectivity index (χ4v) is 2.28. The van der Waals surface area contributed by atoms with Crippen LogP contribution in [0.5, 0.6) is 0 Å². The second-order valence-electron chi connectivity index (χ2n) is 5.53. The van der Waals surface area contributed by atoms with Crippen LogP contribution in [0, 0.1) is 0 Å². The highest BCUT2D eigenvalue weighted by molar-refractivity contribution is 6.00. The minimum atomic E-state index is -1.85. The van der Waals surface area contributed by atoms with Gasteiger partial charge >= 0.3 is 0 Å². The van der Waals surface area contributed by atoms with Crippen LogP contribution in [0.25, 0.3) is 10.4 Å². The molecule has 12 heteroatoms. The number of aliphatic hydroxyl groups is 2. The zero-order valence-electron chi connectivity index (χ0n) is 13.6. The van der Waals surface area contributed by atoms with Crippen LogP contribution in [0.3, 0.4) is 0 Å². The topological polar surface area (TPSA) is 149 Å². The van der Waals surface area contributed by atoms with Gasteiger partial charge in [0.05, 0.1) is 25.8 Å². The predicted molar refractivity (Wildman–Crippen MR) is 84.3 cm³/mol. The molecule has 11 nitrogen and oxygen atoms in total. The van der Waals surface area contributed by atoms with Crippen LogP contribution < -0.4 is 0 Å². The number of rotatable bonds is 7. The number of hydrogen-bond donors (Lipinski definition) is 2. The number of ether oxygens (including phenoxy) is 1. The van der Waals surface area contributed by atoms with Gasteiger partial charge in [0, 0.05) is 19.0 Å². The van der Waals surface area contributed by atoms with E-state index in [1.54, 1.807) is 19.0 Å². The van der Waals surface area contributed by atoms with E-state index in [9.17, 15) is 14.3 Å². The van der Waals surface area contributed by atoms with Gasteiger partial charge in [0.25, 0.3) is 0 Å². The zero-order valence-corrected chi connectivity index (χ0v) is 13.6. The van der Waals surface area contributed by atoms with E-state index in [2.05, 4.69) is 20.0 Å². The summed E-state index contributed by atoms with van der Waals surface area (Å²) in [4.78, 5) is 24.2. The fraction of sp³-hybridized carbons (Fsp3) is 0.615. The van der Waals surface area contributed by atoms with Gasteiger partial charge in [0.15, 0.2) is 29.7 Å². The second kappa shape index (κ2) is 8.03. The normalized spacial score (nSPS) is 26.0. The van der Waals surface area contributed by atoms with Crippen molar-refractivity contribution in [3.8, 4) is 0 Å². The van der Waals surface area contributed by atoms with Crippen molar-refractivity contribution in [1.82, 2.24) is 14.5 Å². The predicted octanol–water partition coefficient (Wildman–Crippen LogP) is 0.186. The van der Waals surface area contributed by atoms with Crippen molar-refractivity contribution >= 4 is 17.9 Å². The number of azide groups is 1. The summed E-state index contributed by atoms with van der Waals surface area (Å²) in [7, 11) is 3.39. The third-order valence-electron chi connectivity index (χ3n) is 3.47. The van der Waals surface area contributed by atoms with E-state index in [1.807, 2.05) is 0 Å². The molecule has 1 aliphatic rings. The Kier molecular flexibility index (Phi) is 6.04. The Morgan fingerprint density at radius 1 is 1.64 bits per heavy atom. The Hall–Kier alpha value is -2.53. The van der Waals surface area contributed by atoms with Crippen molar-refractivity contribution in [1.29, 1.82) is 0 Å². The van der Waals surface area contributed by atoms with E-state index in [0.29, 0.717) is 0 Å². The van der Waals surface area contributed by atoms with E-state index in [4.69, 9.17) is 15.4 Å². The number of carbonyl (C=O) groups excluding carboxylic acids is 1. The van der Waals surface area contributed by atoms with Gasteiger partial charge in [-0.15, -0.1) is 0 Å². The highest BCUT2D eigenvalue weighted by atomic mass is 19.1. The van der Waals surface area contributed by atoms with Crippen molar-refractivity contribution in [2.24, 2.45) is 10.1 Å². The average Bonchev–Trinajstić information content (AvgIpc) is 3.12. The first-order valence-electron chi connectivity index (χ1n) is 7.30. The lowest BCUT2D eigenvalue weighted by Gasteiger charge is -2.16. The maximum absolute atomic E-state index is 14.3. The first-order valence-corrected chi connectivity index (χ1v) is 7.30. The zero-order chi connectivity index (χ0) is 18.6. The molecule has 25 heavy (non-hydrogen) atoms. The Balaban J connectivity index is 2.42. The molecule has 0 bridgehead atoms. The maximum atomic E-state index is 14.3. The summed E-state index contributed by atoms with van der Waals surface area (Å²) in [5.74, 6) is -0.611. The van der Waals surface area contributed by atoms with Gasteiger partial charge in [-0.1, -0.05) is 5.11 Å². The molecular weight excluding hydrogens is 337 g/mol. The molecule has 0 aromatic carbocycles. The Morgan fingerprint density at radius 2 is 2.36 bits per heavy atom. The van der Waals surface area contributed by atoms with E-state index in [1.165, 1.54) is 6.34 Å². The van der Waals surface area contributed by atoms with Gasteiger partial charge in [-0.25, -0.2) is 14.4 Å². The maximum Gasteiger partial charge on any atom is 0.190 e. The molecule has 2 N–H and O–H groups in total. The van der Waals surface area contributed by atoms with Gasteiger partial charge in [-0.3, -0.25) is 9.36 Å². The SMILES string of the molecule is CN(C)C=Nc1c(C(=O)CN=[N+]=[N-])ncn1[C@@H]1O[C@H](CO)[C@@H](O)[C@H]1F. The van der Waals surface area contributed by atoms with Crippen LogP contribution >= 0.6 is 0 Å². The molecule has 0 aliphatic carbocycles. The minimum Gasteiger partial charge on any atom is -0.394 e. The van der Waals surface area contributed by atoms with E-state index in [-0.39, 0.29) is 11.5 Å². The molecular formula is C13H18FN7O4. The van der Waals surface area contributed by atoms with Crippen LogP contribution in [0.4, 0.5) is 10.2 Å². The molecule has 4 atom stereocenters. The number of Topliss-reactive ketones (excluding diaryl/α,β-unsaturated/α-hetero) is 1. The molecule has 1 aromatic rings. The molecule has 0 radical (unpaired) electrons. The van der Waals surface area contributed by atoms with E-state index < -0.39 is 43.5 Å². The number of ketones is 1. The number of carbonyl (C=O) groups is 1. The Morgan fingerprint density at radius 3 is 2.92 bits per heavy atom. The first kappa shape index (κ1) is 18.8. The summed E-state index contributed by atoms with van der Waals surface area (Å²) >= 11 is 0. The summed E-state index contributed by atoms with van der Waals surface area (Å²) in [6, 6.07) is 0. The number of aliphatic imine (C=N–C) groups is 1. The quantitative estimate of drug-likeness (QED) is 0.178. The summed E-state index contributed by atoms with van der Waals surface area (Å²) in [5.41, 5.74) is 8.21. The first-order chi connectivity index (χ1) is 11.9. The smallest absolute Gasteiger partial charge is 0.190 e. The second-order valence-corrected chi connectivity index (χ2v) is 5.53. The Labute approximate surface area is 142 Å². The molecule has 2 rings (SSSR count). The highest BCUT2D eigenvalue weighted by Gasteiger charge is 2.45. The van der Waals surface area contributed by atoms with Crippen molar-refractivity contribution in [3.05, 3.63) is 22.5 Å². The van der Waals surface area contributed by atoms with Gasteiger partial charge in [0.1, 0.15) is 12.2 Å². The number of hydrogen-bond acceptors (Lipinski definition) is 7. The number of imidazole rings is 1. The molecule has 0 amide bonds. The van der Waals surface area contributed by atoms with Crippen molar-refractivity contribution in [2.75, 3.05) is 27.2 Å². The average molecular weight is 355 g/mol. The molecule has 1 aromatic heterocycles. The monoisotopic (exact) mass is 355 g/mol. The van der Waals surface area contributed by atoms with Crippen molar-refractivity contribution in [2.45, 2.75) is 24.6 Å². The summed E-state index contributed by atoms with van der Waals surface area (Å²) < 4.78 is 20.8. The highest BCUT2D eigenvalue weighted by Crippen LogP contribution is 2.35. The van der Waals surface area contributed by atoms with E-state index in [0.717, 1.165) is 10.9 Å². The lowest BCUT2D eigenvalue weighted by Crippen LogP contribution is -2.30.